The Morgan fingerprint density at radius 2 is 2.11 bits per heavy atom. The number of rotatable bonds is 3. The van der Waals surface area contributed by atoms with Gasteiger partial charge in [0.2, 0.25) is 0 Å². The molecular formula is C14H24BrN3. The van der Waals surface area contributed by atoms with Crippen molar-refractivity contribution in [3.63, 3.8) is 0 Å². The fourth-order valence-electron chi connectivity index (χ4n) is 2.80. The van der Waals surface area contributed by atoms with Gasteiger partial charge in [0.05, 0.1) is 15.9 Å². The Kier molecular flexibility index (Phi) is 4.84. The van der Waals surface area contributed by atoms with Crippen LogP contribution in [-0.4, -0.2) is 15.8 Å². The van der Waals surface area contributed by atoms with Gasteiger partial charge in [0, 0.05) is 19.6 Å². The Morgan fingerprint density at radius 1 is 1.33 bits per heavy atom. The van der Waals surface area contributed by atoms with E-state index in [2.05, 4.69) is 33.3 Å². The number of hydrogen-bond donors (Lipinski definition) is 1. The largest absolute Gasteiger partial charge is 0.308 e. The van der Waals surface area contributed by atoms with Crippen LogP contribution in [-0.2, 0) is 13.6 Å². The number of nitrogens with one attached hydrogen (secondary N) is 1. The average Bonchev–Trinajstić information content (AvgIpc) is 2.51. The van der Waals surface area contributed by atoms with Gasteiger partial charge < -0.3 is 5.32 Å². The minimum atomic E-state index is 0.678. The molecule has 2 unspecified atom stereocenters. The van der Waals surface area contributed by atoms with Gasteiger partial charge in [-0.15, -0.1) is 0 Å². The van der Waals surface area contributed by atoms with E-state index in [9.17, 15) is 0 Å². The molecule has 1 aromatic rings. The van der Waals surface area contributed by atoms with Crippen molar-refractivity contribution in [3.05, 3.63) is 15.9 Å². The molecule has 3 nitrogen and oxygen atoms in total. The standard InChI is InChI=1S/C14H24BrN3/c1-10-5-4-6-12(8-7-10)16-9-13-14(15)11(2)17-18(13)3/h10,12,16H,4-9H2,1-3H3. The van der Waals surface area contributed by atoms with E-state index in [1.807, 2.05) is 18.7 Å². The molecule has 2 atom stereocenters. The molecular weight excluding hydrogens is 290 g/mol. The topological polar surface area (TPSA) is 29.9 Å². The highest BCUT2D eigenvalue weighted by molar-refractivity contribution is 9.10. The number of aromatic nitrogens is 2. The van der Waals surface area contributed by atoms with Gasteiger partial charge in [-0.25, -0.2) is 0 Å². The van der Waals surface area contributed by atoms with Crippen molar-refractivity contribution >= 4 is 15.9 Å². The summed E-state index contributed by atoms with van der Waals surface area (Å²) in [5, 5.41) is 8.14. The smallest absolute Gasteiger partial charge is 0.0739 e. The van der Waals surface area contributed by atoms with Crippen LogP contribution in [0.15, 0.2) is 4.47 Å². The van der Waals surface area contributed by atoms with E-state index in [1.165, 1.54) is 37.8 Å². The highest BCUT2D eigenvalue weighted by Crippen LogP contribution is 2.24. The maximum atomic E-state index is 4.43. The SMILES string of the molecule is Cc1nn(C)c(CNC2CCCC(C)CC2)c1Br. The van der Waals surface area contributed by atoms with E-state index < -0.39 is 0 Å². The zero-order valence-electron chi connectivity index (χ0n) is 11.7. The monoisotopic (exact) mass is 313 g/mol. The fourth-order valence-corrected chi connectivity index (χ4v) is 3.28. The van der Waals surface area contributed by atoms with Crippen molar-refractivity contribution in [2.75, 3.05) is 0 Å². The van der Waals surface area contributed by atoms with Gasteiger partial charge in [-0.3, -0.25) is 4.68 Å². The first-order valence-corrected chi connectivity index (χ1v) is 7.78. The molecule has 1 aliphatic rings. The van der Waals surface area contributed by atoms with Crippen LogP contribution in [0.4, 0.5) is 0 Å². The van der Waals surface area contributed by atoms with Gasteiger partial charge >= 0.3 is 0 Å². The Bertz CT molecular complexity index is 400. The minimum Gasteiger partial charge on any atom is -0.308 e. The van der Waals surface area contributed by atoms with Crippen LogP contribution in [0.3, 0.4) is 0 Å². The Hall–Kier alpha value is -0.350. The molecule has 1 saturated carbocycles. The molecule has 0 aliphatic heterocycles. The summed E-state index contributed by atoms with van der Waals surface area (Å²) >= 11 is 3.63. The highest BCUT2D eigenvalue weighted by atomic mass is 79.9. The molecule has 4 heteroatoms. The molecule has 0 saturated heterocycles. The summed E-state index contributed by atoms with van der Waals surface area (Å²) in [6.45, 7) is 5.33. The predicted molar refractivity (Wildman–Crippen MR) is 78.5 cm³/mol. The van der Waals surface area contributed by atoms with E-state index in [0.717, 1.165) is 22.6 Å². The van der Waals surface area contributed by atoms with Crippen LogP contribution in [0.5, 0.6) is 0 Å². The molecule has 0 aromatic carbocycles. The normalized spacial score (nSPS) is 25.1. The summed E-state index contributed by atoms with van der Waals surface area (Å²) in [6, 6.07) is 0.678. The van der Waals surface area contributed by atoms with E-state index in [-0.39, 0.29) is 0 Å². The molecule has 0 bridgehead atoms. The summed E-state index contributed by atoms with van der Waals surface area (Å²) in [7, 11) is 2.02. The Morgan fingerprint density at radius 3 is 2.78 bits per heavy atom. The zero-order chi connectivity index (χ0) is 13.1. The molecule has 0 radical (unpaired) electrons. The quantitative estimate of drug-likeness (QED) is 0.865. The van der Waals surface area contributed by atoms with Crippen LogP contribution in [0.2, 0.25) is 0 Å². The van der Waals surface area contributed by atoms with Crippen LogP contribution >= 0.6 is 15.9 Å². The number of halogens is 1. The van der Waals surface area contributed by atoms with Crippen LogP contribution < -0.4 is 5.32 Å². The lowest BCUT2D eigenvalue weighted by molar-refractivity contribution is 0.439. The molecule has 1 heterocycles. The average molecular weight is 314 g/mol. The number of aryl methyl sites for hydroxylation is 2. The summed E-state index contributed by atoms with van der Waals surface area (Å²) in [4.78, 5) is 0. The molecule has 102 valence electrons. The summed E-state index contributed by atoms with van der Waals surface area (Å²) < 4.78 is 3.13. The van der Waals surface area contributed by atoms with Crippen molar-refractivity contribution in [1.82, 2.24) is 15.1 Å². The predicted octanol–water partition coefficient (Wildman–Crippen LogP) is 3.55. The first kappa shape index (κ1) is 14.1. The van der Waals surface area contributed by atoms with Crippen LogP contribution in [0.25, 0.3) is 0 Å². The van der Waals surface area contributed by atoms with Gasteiger partial charge in [-0.1, -0.05) is 19.8 Å². The molecule has 1 aliphatic carbocycles. The van der Waals surface area contributed by atoms with Gasteiger partial charge in [-0.05, 0) is 48.0 Å². The molecule has 0 spiro atoms. The van der Waals surface area contributed by atoms with Crippen molar-refractivity contribution in [1.29, 1.82) is 0 Å². The van der Waals surface area contributed by atoms with Gasteiger partial charge in [0.15, 0.2) is 0 Å². The molecule has 0 amide bonds. The summed E-state index contributed by atoms with van der Waals surface area (Å²) in [5.41, 5.74) is 2.33. The van der Waals surface area contributed by atoms with Crippen LogP contribution in [0, 0.1) is 12.8 Å². The molecule has 1 N–H and O–H groups in total. The zero-order valence-corrected chi connectivity index (χ0v) is 13.3. The van der Waals surface area contributed by atoms with Crippen molar-refractivity contribution in [2.45, 2.75) is 58.5 Å². The Balaban J connectivity index is 1.91. The lowest BCUT2D eigenvalue weighted by Crippen LogP contribution is -2.29. The molecule has 1 fully saturated rings. The van der Waals surface area contributed by atoms with E-state index in [1.54, 1.807) is 0 Å². The lowest BCUT2D eigenvalue weighted by Gasteiger charge is -2.16. The minimum absolute atomic E-state index is 0.678. The second-order valence-corrected chi connectivity index (χ2v) is 6.45. The van der Waals surface area contributed by atoms with Gasteiger partial charge in [-0.2, -0.15) is 5.10 Å². The first-order chi connectivity index (χ1) is 8.58. The summed E-state index contributed by atoms with van der Waals surface area (Å²) in [5.74, 6) is 0.905. The molecule has 18 heavy (non-hydrogen) atoms. The maximum Gasteiger partial charge on any atom is 0.0739 e. The maximum absolute atomic E-state index is 4.43. The van der Waals surface area contributed by atoms with Crippen molar-refractivity contribution in [3.8, 4) is 0 Å². The van der Waals surface area contributed by atoms with E-state index in [4.69, 9.17) is 0 Å². The van der Waals surface area contributed by atoms with Gasteiger partial charge in [0.25, 0.3) is 0 Å². The molecule has 1 aromatic heterocycles. The second-order valence-electron chi connectivity index (χ2n) is 5.66. The second kappa shape index (κ2) is 6.20. The lowest BCUT2D eigenvalue weighted by atomic mass is 10.0. The number of hydrogen-bond acceptors (Lipinski definition) is 2. The fraction of sp³-hybridized carbons (Fsp3) is 0.786. The van der Waals surface area contributed by atoms with Crippen molar-refractivity contribution in [2.24, 2.45) is 13.0 Å². The van der Waals surface area contributed by atoms with Gasteiger partial charge in [0.1, 0.15) is 0 Å². The third-order valence-corrected chi connectivity index (χ3v) is 5.11. The third-order valence-electron chi connectivity index (χ3n) is 4.08. The van der Waals surface area contributed by atoms with E-state index in [0.29, 0.717) is 6.04 Å². The first-order valence-electron chi connectivity index (χ1n) is 6.99. The third kappa shape index (κ3) is 3.35. The summed E-state index contributed by atoms with van der Waals surface area (Å²) in [6.07, 6.45) is 6.76. The van der Waals surface area contributed by atoms with E-state index >= 15 is 0 Å². The van der Waals surface area contributed by atoms with Crippen molar-refractivity contribution < 1.29 is 0 Å². The Labute approximate surface area is 118 Å². The van der Waals surface area contributed by atoms with Crippen LogP contribution in [0.1, 0.15) is 50.4 Å². The highest BCUT2D eigenvalue weighted by Gasteiger charge is 2.17. The number of nitrogens with zero attached hydrogens (tertiary/aromatic N) is 2. The molecule has 2 rings (SSSR count).